The molecule has 0 aromatic heterocycles. The Hall–Kier alpha value is -1.75. The van der Waals surface area contributed by atoms with Gasteiger partial charge >= 0.3 is 6.03 Å². The number of carbonyl (C=O) groups is 1. The minimum Gasteiger partial charge on any atom is -0.380 e. The molecule has 5 heteroatoms. The van der Waals surface area contributed by atoms with Gasteiger partial charge in [-0.15, -0.1) is 0 Å². The van der Waals surface area contributed by atoms with E-state index in [1.54, 1.807) is 7.11 Å². The second kappa shape index (κ2) is 7.14. The number of amides is 2. The first kappa shape index (κ1) is 14.7. The standard InChI is InChI=1S/C15H23N3O2/c1-3-16-15(19)17-12-6-8-13(9-7-12)18-10-4-5-14(11-18)20-2/h6-9,14H,3-5,10-11H2,1-2H3,(H2,16,17,19)/t14-/m0/s1. The second-order valence-corrected chi connectivity index (χ2v) is 4.98. The second-order valence-electron chi connectivity index (χ2n) is 4.98. The van der Waals surface area contributed by atoms with Gasteiger partial charge in [-0.3, -0.25) is 0 Å². The molecule has 2 amide bonds. The molecular weight excluding hydrogens is 254 g/mol. The van der Waals surface area contributed by atoms with Crippen LogP contribution in [0.1, 0.15) is 19.8 Å². The number of anilines is 2. The third-order valence-electron chi connectivity index (χ3n) is 3.54. The third-order valence-corrected chi connectivity index (χ3v) is 3.54. The van der Waals surface area contributed by atoms with Gasteiger partial charge in [0.1, 0.15) is 0 Å². The van der Waals surface area contributed by atoms with Gasteiger partial charge in [-0.25, -0.2) is 4.79 Å². The van der Waals surface area contributed by atoms with E-state index >= 15 is 0 Å². The molecule has 0 aliphatic carbocycles. The molecule has 1 saturated heterocycles. The lowest BCUT2D eigenvalue weighted by Gasteiger charge is -2.33. The van der Waals surface area contributed by atoms with Crippen molar-refractivity contribution >= 4 is 17.4 Å². The van der Waals surface area contributed by atoms with E-state index in [4.69, 9.17) is 4.74 Å². The van der Waals surface area contributed by atoms with E-state index in [-0.39, 0.29) is 6.03 Å². The smallest absolute Gasteiger partial charge is 0.319 e. The van der Waals surface area contributed by atoms with Crippen molar-refractivity contribution in [1.29, 1.82) is 0 Å². The van der Waals surface area contributed by atoms with E-state index in [2.05, 4.69) is 15.5 Å². The molecular formula is C15H23N3O2. The summed E-state index contributed by atoms with van der Waals surface area (Å²) < 4.78 is 5.44. The zero-order chi connectivity index (χ0) is 14.4. The molecule has 0 bridgehead atoms. The van der Waals surface area contributed by atoms with Crippen molar-refractivity contribution in [3.8, 4) is 0 Å². The first-order valence-corrected chi connectivity index (χ1v) is 7.15. The van der Waals surface area contributed by atoms with E-state index in [9.17, 15) is 4.79 Å². The molecule has 110 valence electrons. The number of hydrogen-bond acceptors (Lipinski definition) is 3. The number of benzene rings is 1. The summed E-state index contributed by atoms with van der Waals surface area (Å²) in [4.78, 5) is 13.8. The van der Waals surface area contributed by atoms with Crippen LogP contribution in [-0.2, 0) is 4.74 Å². The van der Waals surface area contributed by atoms with Crippen molar-refractivity contribution in [2.75, 3.05) is 37.0 Å². The molecule has 2 rings (SSSR count). The van der Waals surface area contributed by atoms with Gasteiger partial charge in [0.15, 0.2) is 0 Å². The Morgan fingerprint density at radius 2 is 2.15 bits per heavy atom. The summed E-state index contributed by atoms with van der Waals surface area (Å²) in [5.74, 6) is 0. The first-order chi connectivity index (χ1) is 9.72. The average molecular weight is 277 g/mol. The zero-order valence-corrected chi connectivity index (χ0v) is 12.2. The predicted molar refractivity (Wildman–Crippen MR) is 81.4 cm³/mol. The zero-order valence-electron chi connectivity index (χ0n) is 12.2. The summed E-state index contributed by atoms with van der Waals surface area (Å²) in [5, 5.41) is 5.51. The van der Waals surface area contributed by atoms with E-state index < -0.39 is 0 Å². The number of nitrogens with one attached hydrogen (secondary N) is 2. The molecule has 1 heterocycles. The van der Waals surface area contributed by atoms with Crippen molar-refractivity contribution in [3.05, 3.63) is 24.3 Å². The number of methoxy groups -OCH3 is 1. The summed E-state index contributed by atoms with van der Waals surface area (Å²) in [7, 11) is 1.77. The van der Waals surface area contributed by atoms with Crippen LogP contribution in [0.5, 0.6) is 0 Å². The van der Waals surface area contributed by atoms with Crippen LogP contribution in [0.25, 0.3) is 0 Å². The maximum Gasteiger partial charge on any atom is 0.319 e. The Labute approximate surface area is 120 Å². The third kappa shape index (κ3) is 3.87. The highest BCUT2D eigenvalue weighted by molar-refractivity contribution is 5.89. The highest BCUT2D eigenvalue weighted by Crippen LogP contribution is 2.22. The van der Waals surface area contributed by atoms with Crippen LogP contribution in [0.3, 0.4) is 0 Å². The van der Waals surface area contributed by atoms with Gasteiger partial charge in [0.2, 0.25) is 0 Å². The molecule has 2 N–H and O–H groups in total. The van der Waals surface area contributed by atoms with Gasteiger partial charge in [0.25, 0.3) is 0 Å². The van der Waals surface area contributed by atoms with Crippen LogP contribution in [-0.4, -0.2) is 38.9 Å². The molecule has 20 heavy (non-hydrogen) atoms. The SMILES string of the molecule is CCNC(=O)Nc1ccc(N2CCC[C@H](OC)C2)cc1. The molecule has 1 aliphatic rings. The fourth-order valence-electron chi connectivity index (χ4n) is 2.46. The predicted octanol–water partition coefficient (Wildman–Crippen LogP) is 2.44. The van der Waals surface area contributed by atoms with E-state index in [1.807, 2.05) is 31.2 Å². The van der Waals surface area contributed by atoms with Crippen molar-refractivity contribution in [2.24, 2.45) is 0 Å². The Kier molecular flexibility index (Phi) is 5.24. The van der Waals surface area contributed by atoms with E-state index in [0.29, 0.717) is 12.6 Å². The lowest BCUT2D eigenvalue weighted by atomic mass is 10.1. The summed E-state index contributed by atoms with van der Waals surface area (Å²) in [6, 6.07) is 7.78. The number of carbonyl (C=O) groups excluding carboxylic acids is 1. The highest BCUT2D eigenvalue weighted by atomic mass is 16.5. The maximum absolute atomic E-state index is 11.4. The van der Waals surface area contributed by atoms with Gasteiger partial charge in [-0.05, 0) is 44.0 Å². The van der Waals surface area contributed by atoms with Gasteiger partial charge in [-0.2, -0.15) is 0 Å². The number of hydrogen-bond donors (Lipinski definition) is 2. The molecule has 0 spiro atoms. The Morgan fingerprint density at radius 1 is 1.40 bits per heavy atom. The summed E-state index contributed by atoms with van der Waals surface area (Å²) >= 11 is 0. The summed E-state index contributed by atoms with van der Waals surface area (Å²) in [6.07, 6.45) is 2.60. The van der Waals surface area contributed by atoms with Crippen molar-refractivity contribution in [3.63, 3.8) is 0 Å². The quantitative estimate of drug-likeness (QED) is 0.889. The molecule has 5 nitrogen and oxygen atoms in total. The van der Waals surface area contributed by atoms with Crippen molar-refractivity contribution < 1.29 is 9.53 Å². The van der Waals surface area contributed by atoms with Crippen LogP contribution < -0.4 is 15.5 Å². The van der Waals surface area contributed by atoms with E-state index in [0.717, 1.165) is 31.6 Å². The van der Waals surface area contributed by atoms with Crippen LogP contribution >= 0.6 is 0 Å². The molecule has 0 radical (unpaired) electrons. The Morgan fingerprint density at radius 3 is 2.80 bits per heavy atom. The number of piperidine rings is 1. The minimum atomic E-state index is -0.169. The number of rotatable bonds is 4. The average Bonchev–Trinajstić information content (AvgIpc) is 2.48. The largest absolute Gasteiger partial charge is 0.380 e. The van der Waals surface area contributed by atoms with Gasteiger partial charge in [0.05, 0.1) is 6.10 Å². The number of nitrogens with zero attached hydrogens (tertiary/aromatic N) is 1. The molecule has 1 aliphatic heterocycles. The Balaban J connectivity index is 1.95. The van der Waals surface area contributed by atoms with Gasteiger partial charge in [0, 0.05) is 38.1 Å². The van der Waals surface area contributed by atoms with Crippen LogP contribution in [0.15, 0.2) is 24.3 Å². The number of ether oxygens (including phenoxy) is 1. The molecule has 1 fully saturated rings. The first-order valence-electron chi connectivity index (χ1n) is 7.15. The normalized spacial score (nSPS) is 18.7. The molecule has 0 saturated carbocycles. The lowest BCUT2D eigenvalue weighted by Crippen LogP contribution is -2.39. The Bertz CT molecular complexity index is 433. The summed E-state index contributed by atoms with van der Waals surface area (Å²) in [5.41, 5.74) is 1.98. The number of urea groups is 1. The van der Waals surface area contributed by atoms with Gasteiger partial charge in [-0.1, -0.05) is 0 Å². The van der Waals surface area contributed by atoms with E-state index in [1.165, 1.54) is 5.69 Å². The van der Waals surface area contributed by atoms with Crippen molar-refractivity contribution in [2.45, 2.75) is 25.9 Å². The van der Waals surface area contributed by atoms with Gasteiger partial charge < -0.3 is 20.3 Å². The van der Waals surface area contributed by atoms with Crippen LogP contribution in [0.4, 0.5) is 16.2 Å². The van der Waals surface area contributed by atoms with Crippen LogP contribution in [0, 0.1) is 0 Å². The van der Waals surface area contributed by atoms with Crippen LogP contribution in [0.2, 0.25) is 0 Å². The molecule has 1 aromatic carbocycles. The minimum absolute atomic E-state index is 0.169. The monoisotopic (exact) mass is 277 g/mol. The lowest BCUT2D eigenvalue weighted by molar-refractivity contribution is 0.0893. The topological polar surface area (TPSA) is 53.6 Å². The summed E-state index contributed by atoms with van der Waals surface area (Å²) in [6.45, 7) is 4.50. The maximum atomic E-state index is 11.4. The molecule has 0 unspecified atom stereocenters. The fourth-order valence-corrected chi connectivity index (χ4v) is 2.46. The molecule has 1 atom stereocenters. The molecule has 1 aromatic rings. The fraction of sp³-hybridized carbons (Fsp3) is 0.533. The van der Waals surface area contributed by atoms with Crippen molar-refractivity contribution in [1.82, 2.24) is 5.32 Å². The highest BCUT2D eigenvalue weighted by Gasteiger charge is 2.19.